The lowest BCUT2D eigenvalue weighted by atomic mass is 10.0. The van der Waals surface area contributed by atoms with Gasteiger partial charge in [0.05, 0.1) is 0 Å². The SMILES string of the molecule is C[C@@H](NC1CCSc2ccccc21)c1cccc(Cl)c1. The van der Waals surface area contributed by atoms with Crippen molar-refractivity contribution in [3.63, 3.8) is 0 Å². The van der Waals surface area contributed by atoms with E-state index in [9.17, 15) is 0 Å². The van der Waals surface area contributed by atoms with E-state index in [1.54, 1.807) is 0 Å². The number of fused-ring (bicyclic) bond motifs is 1. The number of thioether (sulfide) groups is 1. The van der Waals surface area contributed by atoms with Gasteiger partial charge in [-0.15, -0.1) is 11.8 Å². The van der Waals surface area contributed by atoms with Crippen molar-refractivity contribution in [3.8, 4) is 0 Å². The summed E-state index contributed by atoms with van der Waals surface area (Å²) in [5.74, 6) is 1.18. The maximum atomic E-state index is 6.08. The van der Waals surface area contributed by atoms with Gasteiger partial charge in [-0.05, 0) is 48.4 Å². The molecule has 3 rings (SSSR count). The standard InChI is InChI=1S/C17H18ClNS/c1-12(13-5-4-6-14(18)11-13)19-16-9-10-20-17-8-3-2-7-15(16)17/h2-8,11-12,16,19H,9-10H2,1H3/t12-,16?/m1/s1. The van der Waals surface area contributed by atoms with Gasteiger partial charge in [0.1, 0.15) is 0 Å². The fraction of sp³-hybridized carbons (Fsp3) is 0.294. The normalized spacial score (nSPS) is 19.4. The van der Waals surface area contributed by atoms with Crippen molar-refractivity contribution in [3.05, 3.63) is 64.7 Å². The van der Waals surface area contributed by atoms with E-state index in [1.807, 2.05) is 30.0 Å². The number of halogens is 1. The molecule has 3 heteroatoms. The highest BCUT2D eigenvalue weighted by molar-refractivity contribution is 7.99. The maximum absolute atomic E-state index is 6.08. The molecule has 1 unspecified atom stereocenters. The molecule has 2 atom stereocenters. The van der Waals surface area contributed by atoms with E-state index in [1.165, 1.54) is 28.2 Å². The van der Waals surface area contributed by atoms with Crippen LogP contribution < -0.4 is 5.32 Å². The molecule has 0 bridgehead atoms. The smallest absolute Gasteiger partial charge is 0.0409 e. The third kappa shape index (κ3) is 3.03. The van der Waals surface area contributed by atoms with Crippen LogP contribution in [0, 0.1) is 0 Å². The molecule has 2 aromatic carbocycles. The summed E-state index contributed by atoms with van der Waals surface area (Å²) in [6.07, 6.45) is 1.17. The molecule has 0 amide bonds. The van der Waals surface area contributed by atoms with E-state index < -0.39 is 0 Å². The predicted molar refractivity (Wildman–Crippen MR) is 87.5 cm³/mol. The molecule has 104 valence electrons. The van der Waals surface area contributed by atoms with E-state index in [0.29, 0.717) is 12.1 Å². The molecule has 0 spiro atoms. The van der Waals surface area contributed by atoms with Gasteiger partial charge in [0.25, 0.3) is 0 Å². The minimum Gasteiger partial charge on any atom is -0.303 e. The van der Waals surface area contributed by atoms with Gasteiger partial charge in [-0.3, -0.25) is 0 Å². The van der Waals surface area contributed by atoms with Gasteiger partial charge in [-0.1, -0.05) is 41.9 Å². The van der Waals surface area contributed by atoms with Gasteiger partial charge >= 0.3 is 0 Å². The molecule has 0 fully saturated rings. The summed E-state index contributed by atoms with van der Waals surface area (Å²) >= 11 is 8.04. The first-order chi connectivity index (χ1) is 9.74. The van der Waals surface area contributed by atoms with Crippen LogP contribution in [0.4, 0.5) is 0 Å². The molecule has 1 heterocycles. The summed E-state index contributed by atoms with van der Waals surface area (Å²) in [5, 5.41) is 4.55. The predicted octanol–water partition coefficient (Wildman–Crippen LogP) is 5.23. The fourth-order valence-corrected chi connectivity index (χ4v) is 4.01. The minimum absolute atomic E-state index is 0.301. The van der Waals surface area contributed by atoms with Crippen molar-refractivity contribution in [2.45, 2.75) is 30.3 Å². The van der Waals surface area contributed by atoms with Gasteiger partial charge < -0.3 is 5.32 Å². The Morgan fingerprint density at radius 3 is 2.90 bits per heavy atom. The Morgan fingerprint density at radius 1 is 1.20 bits per heavy atom. The first-order valence-corrected chi connectivity index (χ1v) is 8.33. The first kappa shape index (κ1) is 14.0. The quantitative estimate of drug-likeness (QED) is 0.833. The molecule has 0 aliphatic carbocycles. The molecule has 1 nitrogen and oxygen atoms in total. The van der Waals surface area contributed by atoms with Gasteiger partial charge in [0.15, 0.2) is 0 Å². The maximum Gasteiger partial charge on any atom is 0.0409 e. The molecule has 0 aromatic heterocycles. The molecule has 20 heavy (non-hydrogen) atoms. The Balaban J connectivity index is 1.79. The highest BCUT2D eigenvalue weighted by Crippen LogP contribution is 2.37. The van der Waals surface area contributed by atoms with E-state index in [-0.39, 0.29) is 0 Å². The second kappa shape index (κ2) is 6.21. The van der Waals surface area contributed by atoms with Crippen molar-refractivity contribution in [2.75, 3.05) is 5.75 Å². The Hall–Kier alpha value is -0.960. The highest BCUT2D eigenvalue weighted by atomic mass is 35.5. The third-order valence-corrected chi connectivity index (χ3v) is 5.12. The van der Waals surface area contributed by atoms with Crippen LogP contribution in [0.15, 0.2) is 53.4 Å². The number of hydrogen-bond donors (Lipinski definition) is 1. The monoisotopic (exact) mass is 303 g/mol. The Morgan fingerprint density at radius 2 is 2.05 bits per heavy atom. The largest absolute Gasteiger partial charge is 0.303 e. The number of rotatable bonds is 3. The lowest BCUT2D eigenvalue weighted by Crippen LogP contribution is -2.27. The van der Waals surface area contributed by atoms with E-state index in [2.05, 4.69) is 42.6 Å². The van der Waals surface area contributed by atoms with Gasteiger partial charge in [0, 0.05) is 22.0 Å². The van der Waals surface area contributed by atoms with Crippen molar-refractivity contribution < 1.29 is 0 Å². The van der Waals surface area contributed by atoms with Gasteiger partial charge in [-0.25, -0.2) is 0 Å². The number of benzene rings is 2. The Labute approximate surface area is 129 Å². The number of nitrogens with one attached hydrogen (secondary N) is 1. The molecule has 1 N–H and O–H groups in total. The van der Waals surface area contributed by atoms with Crippen LogP contribution in [-0.2, 0) is 0 Å². The van der Waals surface area contributed by atoms with Crippen LogP contribution in [0.5, 0.6) is 0 Å². The van der Waals surface area contributed by atoms with Crippen LogP contribution >= 0.6 is 23.4 Å². The number of hydrogen-bond acceptors (Lipinski definition) is 2. The lowest BCUT2D eigenvalue weighted by molar-refractivity contribution is 0.450. The van der Waals surface area contributed by atoms with Crippen LogP contribution in [-0.4, -0.2) is 5.75 Å². The second-order valence-corrected chi connectivity index (χ2v) is 6.74. The zero-order chi connectivity index (χ0) is 13.9. The summed E-state index contributed by atoms with van der Waals surface area (Å²) in [6, 6.07) is 17.6. The summed E-state index contributed by atoms with van der Waals surface area (Å²) in [5.41, 5.74) is 2.67. The van der Waals surface area contributed by atoms with Crippen molar-refractivity contribution in [2.24, 2.45) is 0 Å². The molecule has 1 aliphatic rings. The minimum atomic E-state index is 0.301. The molecular formula is C17H18ClNS. The van der Waals surface area contributed by atoms with Crippen LogP contribution in [0.2, 0.25) is 5.02 Å². The fourth-order valence-electron chi connectivity index (χ4n) is 2.69. The zero-order valence-corrected chi connectivity index (χ0v) is 13.0. The average molecular weight is 304 g/mol. The summed E-state index contributed by atoms with van der Waals surface area (Å²) in [6.45, 7) is 2.20. The van der Waals surface area contributed by atoms with Gasteiger partial charge in [-0.2, -0.15) is 0 Å². The highest BCUT2D eigenvalue weighted by Gasteiger charge is 2.21. The molecule has 0 saturated carbocycles. The van der Waals surface area contributed by atoms with E-state index >= 15 is 0 Å². The van der Waals surface area contributed by atoms with Gasteiger partial charge in [0.2, 0.25) is 0 Å². The molecular weight excluding hydrogens is 286 g/mol. The summed E-state index contributed by atoms with van der Waals surface area (Å²) in [4.78, 5) is 1.41. The Bertz CT molecular complexity index is 599. The summed E-state index contributed by atoms with van der Waals surface area (Å²) < 4.78 is 0. The molecule has 2 aromatic rings. The topological polar surface area (TPSA) is 12.0 Å². The lowest BCUT2D eigenvalue weighted by Gasteiger charge is -2.29. The molecule has 0 saturated heterocycles. The average Bonchev–Trinajstić information content (AvgIpc) is 2.47. The first-order valence-electron chi connectivity index (χ1n) is 6.97. The molecule has 0 radical (unpaired) electrons. The zero-order valence-electron chi connectivity index (χ0n) is 11.5. The third-order valence-electron chi connectivity index (χ3n) is 3.76. The van der Waals surface area contributed by atoms with Crippen molar-refractivity contribution in [1.82, 2.24) is 5.32 Å². The van der Waals surface area contributed by atoms with Crippen molar-refractivity contribution >= 4 is 23.4 Å². The van der Waals surface area contributed by atoms with Crippen LogP contribution in [0.25, 0.3) is 0 Å². The van der Waals surface area contributed by atoms with Crippen molar-refractivity contribution in [1.29, 1.82) is 0 Å². The molecule has 1 aliphatic heterocycles. The summed E-state index contributed by atoms with van der Waals surface area (Å²) in [7, 11) is 0. The second-order valence-electron chi connectivity index (χ2n) is 5.17. The van der Waals surface area contributed by atoms with Crippen LogP contribution in [0.3, 0.4) is 0 Å². The van der Waals surface area contributed by atoms with E-state index in [0.717, 1.165) is 5.02 Å². The van der Waals surface area contributed by atoms with Crippen LogP contribution in [0.1, 0.15) is 36.6 Å². The van der Waals surface area contributed by atoms with E-state index in [4.69, 9.17) is 11.6 Å². The Kier molecular flexibility index (Phi) is 4.35.